The van der Waals surface area contributed by atoms with Crippen LogP contribution in [0.2, 0.25) is 0 Å². The molecule has 4 heteroatoms. The van der Waals surface area contributed by atoms with Gasteiger partial charge in [0.15, 0.2) is 4.77 Å². The highest BCUT2D eigenvalue weighted by atomic mass is 32.1. The molecule has 3 nitrogen and oxygen atoms in total. The maximum absolute atomic E-state index is 5.40. The van der Waals surface area contributed by atoms with Crippen molar-refractivity contribution in [2.24, 2.45) is 0 Å². The monoisotopic (exact) mass is 214 g/mol. The summed E-state index contributed by atoms with van der Waals surface area (Å²) in [7, 11) is 0. The van der Waals surface area contributed by atoms with Gasteiger partial charge in [0.25, 0.3) is 0 Å². The van der Waals surface area contributed by atoms with Crippen LogP contribution >= 0.6 is 12.2 Å². The van der Waals surface area contributed by atoms with E-state index in [1.54, 1.807) is 0 Å². The number of nitrogens with one attached hydrogen (secondary N) is 1. The predicted molar refractivity (Wildman–Crippen MR) is 60.1 cm³/mol. The van der Waals surface area contributed by atoms with Crippen LogP contribution in [0.1, 0.15) is 25.5 Å². The lowest BCUT2D eigenvalue weighted by Gasteiger charge is -2.05. The van der Waals surface area contributed by atoms with Crippen LogP contribution in [0.4, 0.5) is 0 Å². The van der Waals surface area contributed by atoms with Crippen molar-refractivity contribution in [3.05, 3.63) is 16.7 Å². The molecule has 0 spiro atoms. The number of H-pyrrole nitrogens is 1. The minimum atomic E-state index is 0.804. The van der Waals surface area contributed by atoms with E-state index in [1.807, 2.05) is 6.20 Å². The average Bonchev–Trinajstić information content (AvgIpc) is 2.48. The van der Waals surface area contributed by atoms with Crippen molar-refractivity contribution in [3.63, 3.8) is 0 Å². The SMILES string of the molecule is CCCOCCCn1c(C)c[nH]c1=S. The Bertz CT molecular complexity index is 316. The summed E-state index contributed by atoms with van der Waals surface area (Å²) in [5.74, 6) is 0. The summed E-state index contributed by atoms with van der Waals surface area (Å²) < 4.78 is 8.31. The van der Waals surface area contributed by atoms with Gasteiger partial charge in [-0.3, -0.25) is 0 Å². The molecule has 0 aliphatic rings. The van der Waals surface area contributed by atoms with Crippen LogP contribution in [0.15, 0.2) is 6.20 Å². The molecule has 0 aromatic carbocycles. The van der Waals surface area contributed by atoms with Crippen molar-refractivity contribution in [2.45, 2.75) is 33.2 Å². The Hall–Kier alpha value is -0.610. The van der Waals surface area contributed by atoms with E-state index in [0.29, 0.717) is 0 Å². The number of aryl methyl sites for hydroxylation is 1. The molecule has 80 valence electrons. The lowest BCUT2D eigenvalue weighted by Crippen LogP contribution is -2.04. The second kappa shape index (κ2) is 5.98. The van der Waals surface area contributed by atoms with Gasteiger partial charge >= 0.3 is 0 Å². The second-order valence-electron chi connectivity index (χ2n) is 3.35. The molecule has 0 amide bonds. The summed E-state index contributed by atoms with van der Waals surface area (Å²) in [5.41, 5.74) is 1.19. The van der Waals surface area contributed by atoms with Crippen LogP contribution in [-0.2, 0) is 11.3 Å². The third-order valence-corrected chi connectivity index (χ3v) is 2.43. The third kappa shape index (κ3) is 3.27. The summed E-state index contributed by atoms with van der Waals surface area (Å²) in [4.78, 5) is 3.03. The molecule has 0 aliphatic carbocycles. The first-order valence-electron chi connectivity index (χ1n) is 5.08. The van der Waals surface area contributed by atoms with Crippen molar-refractivity contribution >= 4 is 12.2 Å². The standard InChI is InChI=1S/C10H18N2OS/c1-3-6-13-7-4-5-12-9(2)8-11-10(12)14/h8H,3-7H2,1-2H3,(H,11,14). The van der Waals surface area contributed by atoms with Gasteiger partial charge in [0.05, 0.1) is 0 Å². The Morgan fingerprint density at radius 1 is 1.50 bits per heavy atom. The second-order valence-corrected chi connectivity index (χ2v) is 3.74. The lowest BCUT2D eigenvalue weighted by molar-refractivity contribution is 0.129. The molecular formula is C10H18N2OS. The molecule has 1 heterocycles. The number of aromatic amines is 1. The van der Waals surface area contributed by atoms with Crippen LogP contribution < -0.4 is 0 Å². The smallest absolute Gasteiger partial charge is 0.177 e. The van der Waals surface area contributed by atoms with E-state index < -0.39 is 0 Å². The highest BCUT2D eigenvalue weighted by Gasteiger charge is 1.97. The van der Waals surface area contributed by atoms with E-state index in [1.165, 1.54) is 5.69 Å². The van der Waals surface area contributed by atoms with E-state index in [9.17, 15) is 0 Å². The zero-order valence-corrected chi connectivity index (χ0v) is 9.69. The Morgan fingerprint density at radius 2 is 2.29 bits per heavy atom. The normalized spacial score (nSPS) is 10.7. The molecular weight excluding hydrogens is 196 g/mol. The van der Waals surface area contributed by atoms with E-state index in [2.05, 4.69) is 23.4 Å². The summed E-state index contributed by atoms with van der Waals surface area (Å²) in [6.07, 6.45) is 4.05. The number of imidazole rings is 1. The van der Waals surface area contributed by atoms with Crippen LogP contribution in [0.25, 0.3) is 0 Å². The lowest BCUT2D eigenvalue weighted by atomic mass is 10.4. The molecule has 0 aliphatic heterocycles. The minimum Gasteiger partial charge on any atom is -0.381 e. The van der Waals surface area contributed by atoms with Gasteiger partial charge in [-0.2, -0.15) is 0 Å². The molecule has 14 heavy (non-hydrogen) atoms. The number of hydrogen-bond acceptors (Lipinski definition) is 2. The third-order valence-electron chi connectivity index (χ3n) is 2.09. The quantitative estimate of drug-likeness (QED) is 0.583. The number of nitrogens with zero attached hydrogens (tertiary/aromatic N) is 1. The average molecular weight is 214 g/mol. The van der Waals surface area contributed by atoms with Crippen LogP contribution in [0.3, 0.4) is 0 Å². The van der Waals surface area contributed by atoms with Crippen molar-refractivity contribution in [1.82, 2.24) is 9.55 Å². The Balaban J connectivity index is 2.28. The summed E-state index contributed by atoms with van der Waals surface area (Å²) in [5, 5.41) is 0. The Kier molecular flexibility index (Phi) is 4.90. The molecule has 0 saturated heterocycles. The van der Waals surface area contributed by atoms with Crippen LogP contribution in [-0.4, -0.2) is 22.8 Å². The van der Waals surface area contributed by atoms with E-state index >= 15 is 0 Å². The first kappa shape index (κ1) is 11.5. The molecule has 0 unspecified atom stereocenters. The van der Waals surface area contributed by atoms with Gasteiger partial charge in [0, 0.05) is 31.6 Å². The summed E-state index contributed by atoms with van der Waals surface area (Å²) in [6, 6.07) is 0. The van der Waals surface area contributed by atoms with Crippen molar-refractivity contribution in [1.29, 1.82) is 0 Å². The molecule has 1 aromatic heterocycles. The molecule has 0 radical (unpaired) electrons. The molecule has 0 saturated carbocycles. The zero-order chi connectivity index (χ0) is 10.4. The van der Waals surface area contributed by atoms with Crippen LogP contribution in [0, 0.1) is 11.7 Å². The molecule has 1 rings (SSSR count). The van der Waals surface area contributed by atoms with Crippen LogP contribution in [0.5, 0.6) is 0 Å². The van der Waals surface area contributed by atoms with E-state index in [0.717, 1.165) is 37.4 Å². The predicted octanol–water partition coefficient (Wildman–Crippen LogP) is 2.67. The largest absolute Gasteiger partial charge is 0.381 e. The van der Waals surface area contributed by atoms with Gasteiger partial charge in [0.1, 0.15) is 0 Å². The van der Waals surface area contributed by atoms with Gasteiger partial charge in [-0.25, -0.2) is 0 Å². The highest BCUT2D eigenvalue weighted by Crippen LogP contribution is 2.01. The number of hydrogen-bond donors (Lipinski definition) is 1. The topological polar surface area (TPSA) is 29.9 Å². The number of rotatable bonds is 6. The summed E-state index contributed by atoms with van der Waals surface area (Å²) >= 11 is 5.14. The Morgan fingerprint density at radius 3 is 2.86 bits per heavy atom. The zero-order valence-electron chi connectivity index (χ0n) is 8.88. The van der Waals surface area contributed by atoms with Gasteiger partial charge in [-0.05, 0) is 32.0 Å². The fourth-order valence-electron chi connectivity index (χ4n) is 1.33. The van der Waals surface area contributed by atoms with Gasteiger partial charge in [-0.15, -0.1) is 0 Å². The minimum absolute atomic E-state index is 0.804. The first-order chi connectivity index (χ1) is 6.75. The highest BCUT2D eigenvalue weighted by molar-refractivity contribution is 7.71. The van der Waals surface area contributed by atoms with Crippen molar-refractivity contribution in [2.75, 3.05) is 13.2 Å². The maximum atomic E-state index is 5.40. The number of ether oxygens (including phenoxy) is 1. The fraction of sp³-hybridized carbons (Fsp3) is 0.700. The Labute approximate surface area is 90.1 Å². The molecule has 0 fully saturated rings. The van der Waals surface area contributed by atoms with Gasteiger partial charge < -0.3 is 14.3 Å². The molecule has 0 bridgehead atoms. The van der Waals surface area contributed by atoms with Gasteiger partial charge in [0.2, 0.25) is 0 Å². The molecule has 0 atom stereocenters. The van der Waals surface area contributed by atoms with E-state index in [-0.39, 0.29) is 0 Å². The van der Waals surface area contributed by atoms with Crippen molar-refractivity contribution < 1.29 is 4.74 Å². The van der Waals surface area contributed by atoms with Crippen molar-refractivity contribution in [3.8, 4) is 0 Å². The van der Waals surface area contributed by atoms with E-state index in [4.69, 9.17) is 17.0 Å². The molecule has 1 N–H and O–H groups in total. The van der Waals surface area contributed by atoms with Gasteiger partial charge in [-0.1, -0.05) is 6.92 Å². The summed E-state index contributed by atoms with van der Waals surface area (Å²) in [6.45, 7) is 6.79. The fourth-order valence-corrected chi connectivity index (χ4v) is 1.63. The maximum Gasteiger partial charge on any atom is 0.177 e. The number of aromatic nitrogens is 2. The first-order valence-corrected chi connectivity index (χ1v) is 5.49. The molecule has 1 aromatic rings.